The normalized spacial score (nSPS) is 11.8. The van der Waals surface area contributed by atoms with Crippen molar-refractivity contribution >= 4 is 16.9 Å². The Hall–Kier alpha value is -3.80. The number of carbonyl (C=O) groups is 1. The van der Waals surface area contributed by atoms with Gasteiger partial charge >= 0.3 is 0 Å². The summed E-state index contributed by atoms with van der Waals surface area (Å²) in [6, 6.07) is 22.6. The zero-order valence-electron chi connectivity index (χ0n) is 16.9. The van der Waals surface area contributed by atoms with Crippen LogP contribution in [0.25, 0.3) is 11.0 Å². The molecule has 1 aromatic heterocycles. The van der Waals surface area contributed by atoms with Gasteiger partial charge in [0.15, 0.2) is 0 Å². The van der Waals surface area contributed by atoms with E-state index in [1.165, 1.54) is 0 Å². The molecular formula is C24H23N3O3. The zero-order chi connectivity index (χ0) is 20.9. The van der Waals surface area contributed by atoms with Crippen molar-refractivity contribution in [1.29, 1.82) is 0 Å². The Balaban J connectivity index is 1.66. The number of nitrogens with zero attached hydrogens (tertiary/aromatic N) is 1. The largest absolute Gasteiger partial charge is 0.497 e. The highest BCUT2D eigenvalue weighted by Gasteiger charge is 2.21. The summed E-state index contributed by atoms with van der Waals surface area (Å²) >= 11 is 0. The number of fused-ring (bicyclic) bond motifs is 1. The molecule has 0 aliphatic rings. The fraction of sp³-hybridized carbons (Fsp3) is 0.167. The summed E-state index contributed by atoms with van der Waals surface area (Å²) in [4.78, 5) is 21.2. The highest BCUT2D eigenvalue weighted by molar-refractivity contribution is 5.95. The standard InChI is InChI=1S/C24H23N3O3/c1-29-18-13-17(14-19(15-18)30-2)24(28)27-22(12-16-8-4-3-5-9-16)23-25-20-10-6-7-11-21(20)26-23/h3-11,13-15,22H,12H2,1-2H3,(H,25,26)(H,27,28). The Bertz CT molecular complexity index is 1100. The molecule has 0 aliphatic carbocycles. The van der Waals surface area contributed by atoms with E-state index in [1.54, 1.807) is 32.4 Å². The molecule has 3 aromatic carbocycles. The van der Waals surface area contributed by atoms with Crippen molar-refractivity contribution in [1.82, 2.24) is 15.3 Å². The van der Waals surface area contributed by atoms with E-state index in [0.29, 0.717) is 29.3 Å². The first kappa shape index (κ1) is 19.5. The van der Waals surface area contributed by atoms with Crippen LogP contribution in [0, 0.1) is 0 Å². The third-order valence-corrected chi connectivity index (χ3v) is 4.94. The van der Waals surface area contributed by atoms with Gasteiger partial charge < -0.3 is 19.8 Å². The van der Waals surface area contributed by atoms with Gasteiger partial charge in [0.05, 0.1) is 31.3 Å². The minimum absolute atomic E-state index is 0.228. The molecule has 1 unspecified atom stereocenters. The third-order valence-electron chi connectivity index (χ3n) is 4.94. The highest BCUT2D eigenvalue weighted by atomic mass is 16.5. The second-order valence-corrected chi connectivity index (χ2v) is 6.96. The Morgan fingerprint density at radius 3 is 2.30 bits per heavy atom. The average molecular weight is 401 g/mol. The first-order valence-electron chi connectivity index (χ1n) is 9.69. The van der Waals surface area contributed by atoms with Gasteiger partial charge in [0, 0.05) is 11.6 Å². The maximum absolute atomic E-state index is 13.1. The van der Waals surface area contributed by atoms with Gasteiger partial charge in [-0.2, -0.15) is 0 Å². The van der Waals surface area contributed by atoms with Crippen LogP contribution in [0.15, 0.2) is 72.8 Å². The molecule has 1 amide bonds. The highest BCUT2D eigenvalue weighted by Crippen LogP contribution is 2.24. The molecule has 0 radical (unpaired) electrons. The van der Waals surface area contributed by atoms with E-state index >= 15 is 0 Å². The molecule has 1 heterocycles. The molecular weight excluding hydrogens is 378 g/mol. The van der Waals surface area contributed by atoms with Crippen molar-refractivity contribution in [3.63, 3.8) is 0 Å². The minimum Gasteiger partial charge on any atom is -0.497 e. The number of H-pyrrole nitrogens is 1. The summed E-state index contributed by atoms with van der Waals surface area (Å²) in [6.45, 7) is 0. The summed E-state index contributed by atoms with van der Waals surface area (Å²) in [5, 5.41) is 3.12. The van der Waals surface area contributed by atoms with Gasteiger partial charge in [0.2, 0.25) is 0 Å². The lowest BCUT2D eigenvalue weighted by Gasteiger charge is -2.18. The van der Waals surface area contributed by atoms with Crippen LogP contribution < -0.4 is 14.8 Å². The molecule has 0 saturated heterocycles. The van der Waals surface area contributed by atoms with Crippen molar-refractivity contribution in [3.8, 4) is 11.5 Å². The first-order valence-corrected chi connectivity index (χ1v) is 9.69. The van der Waals surface area contributed by atoms with Gasteiger partial charge in [0.25, 0.3) is 5.91 Å². The lowest BCUT2D eigenvalue weighted by molar-refractivity contribution is 0.0934. The topological polar surface area (TPSA) is 76.2 Å². The van der Waals surface area contributed by atoms with Crippen molar-refractivity contribution in [2.24, 2.45) is 0 Å². The number of carbonyl (C=O) groups excluding carboxylic acids is 1. The van der Waals surface area contributed by atoms with E-state index in [9.17, 15) is 4.79 Å². The first-order chi connectivity index (χ1) is 14.7. The average Bonchev–Trinajstić information content (AvgIpc) is 3.23. The summed E-state index contributed by atoms with van der Waals surface area (Å²) in [5.41, 5.74) is 3.36. The second kappa shape index (κ2) is 8.69. The summed E-state index contributed by atoms with van der Waals surface area (Å²) in [5.74, 6) is 1.60. The van der Waals surface area contributed by atoms with Crippen LogP contribution in [0.2, 0.25) is 0 Å². The molecule has 4 aromatic rings. The van der Waals surface area contributed by atoms with E-state index in [0.717, 1.165) is 16.6 Å². The van der Waals surface area contributed by atoms with E-state index in [4.69, 9.17) is 14.5 Å². The van der Waals surface area contributed by atoms with Crippen LogP contribution in [0.5, 0.6) is 11.5 Å². The lowest BCUT2D eigenvalue weighted by Crippen LogP contribution is -2.30. The molecule has 0 bridgehead atoms. The van der Waals surface area contributed by atoms with Gasteiger partial charge in [-0.3, -0.25) is 4.79 Å². The van der Waals surface area contributed by atoms with Crippen molar-refractivity contribution in [2.45, 2.75) is 12.5 Å². The number of imidazole rings is 1. The summed E-state index contributed by atoms with van der Waals surface area (Å²) in [7, 11) is 3.12. The fourth-order valence-electron chi connectivity index (χ4n) is 3.38. The monoisotopic (exact) mass is 401 g/mol. The van der Waals surface area contributed by atoms with Crippen molar-refractivity contribution < 1.29 is 14.3 Å². The predicted octanol–water partition coefficient (Wildman–Crippen LogP) is 4.29. The number of nitrogens with one attached hydrogen (secondary N) is 2. The third kappa shape index (κ3) is 4.27. The van der Waals surface area contributed by atoms with E-state index in [2.05, 4.69) is 10.3 Å². The van der Waals surface area contributed by atoms with Crippen LogP contribution in [-0.4, -0.2) is 30.1 Å². The Morgan fingerprint density at radius 1 is 0.967 bits per heavy atom. The SMILES string of the molecule is COc1cc(OC)cc(C(=O)NC(Cc2ccccc2)c2nc3ccccc3[nH]2)c1. The Labute approximate surface area is 174 Å². The Morgan fingerprint density at radius 2 is 1.63 bits per heavy atom. The van der Waals surface area contributed by atoms with Crippen LogP contribution in [0.1, 0.15) is 27.8 Å². The Kier molecular flexibility index (Phi) is 5.66. The number of amides is 1. The molecule has 6 heteroatoms. The minimum atomic E-state index is -0.329. The van der Waals surface area contributed by atoms with Crippen LogP contribution in [-0.2, 0) is 6.42 Å². The molecule has 152 valence electrons. The fourth-order valence-corrected chi connectivity index (χ4v) is 3.38. The summed E-state index contributed by atoms with van der Waals surface area (Å²) < 4.78 is 10.6. The maximum atomic E-state index is 13.1. The van der Waals surface area contributed by atoms with Crippen molar-refractivity contribution in [3.05, 3.63) is 89.7 Å². The molecule has 6 nitrogen and oxygen atoms in total. The van der Waals surface area contributed by atoms with Gasteiger partial charge in [-0.25, -0.2) is 4.98 Å². The van der Waals surface area contributed by atoms with E-state index in [-0.39, 0.29) is 11.9 Å². The number of hydrogen-bond acceptors (Lipinski definition) is 4. The zero-order valence-corrected chi connectivity index (χ0v) is 16.9. The molecule has 0 fully saturated rings. The number of methoxy groups -OCH3 is 2. The van der Waals surface area contributed by atoms with Crippen LogP contribution >= 0.6 is 0 Å². The summed E-state index contributed by atoms with van der Waals surface area (Å²) in [6.07, 6.45) is 0.605. The smallest absolute Gasteiger partial charge is 0.252 e. The predicted molar refractivity (Wildman–Crippen MR) is 116 cm³/mol. The molecule has 2 N–H and O–H groups in total. The number of hydrogen-bond donors (Lipinski definition) is 2. The number of para-hydroxylation sites is 2. The number of benzene rings is 3. The number of aromatic amines is 1. The molecule has 1 atom stereocenters. The molecule has 4 rings (SSSR count). The van der Waals surface area contributed by atoms with Gasteiger partial charge in [-0.15, -0.1) is 0 Å². The second-order valence-electron chi connectivity index (χ2n) is 6.96. The number of aromatic nitrogens is 2. The van der Waals surface area contributed by atoms with Gasteiger partial charge in [-0.05, 0) is 36.2 Å². The molecule has 0 aliphatic heterocycles. The lowest BCUT2D eigenvalue weighted by atomic mass is 10.0. The molecule has 30 heavy (non-hydrogen) atoms. The maximum Gasteiger partial charge on any atom is 0.252 e. The van der Waals surface area contributed by atoms with Crippen molar-refractivity contribution in [2.75, 3.05) is 14.2 Å². The van der Waals surface area contributed by atoms with Crippen LogP contribution in [0.3, 0.4) is 0 Å². The van der Waals surface area contributed by atoms with E-state index < -0.39 is 0 Å². The van der Waals surface area contributed by atoms with Crippen LogP contribution in [0.4, 0.5) is 0 Å². The number of ether oxygens (including phenoxy) is 2. The molecule has 0 spiro atoms. The number of rotatable bonds is 7. The van der Waals surface area contributed by atoms with Gasteiger partial charge in [-0.1, -0.05) is 42.5 Å². The quantitative estimate of drug-likeness (QED) is 0.484. The van der Waals surface area contributed by atoms with Gasteiger partial charge in [0.1, 0.15) is 17.3 Å². The van der Waals surface area contributed by atoms with E-state index in [1.807, 2.05) is 54.6 Å². The molecule has 0 saturated carbocycles.